The normalized spacial score (nSPS) is 22.0. The van der Waals surface area contributed by atoms with Crippen LogP contribution in [0.3, 0.4) is 0 Å². The number of nitrogens with one attached hydrogen (secondary N) is 1. The monoisotopic (exact) mass is 270 g/mol. The van der Waals surface area contributed by atoms with Crippen LogP contribution in [-0.2, 0) is 4.79 Å². The maximum atomic E-state index is 12.2. The van der Waals surface area contributed by atoms with Crippen LogP contribution in [0.15, 0.2) is 0 Å². The van der Waals surface area contributed by atoms with Crippen LogP contribution in [-0.4, -0.2) is 48.7 Å². The molecule has 0 aromatic rings. The Hall–Kier alpha value is -0.610. The topological polar surface area (TPSA) is 52.6 Å². The molecule has 1 aliphatic heterocycles. The molecule has 4 heteroatoms. The Bertz CT molecular complexity index is 279. The number of carbonyl (C=O) groups excluding carboxylic acids is 1. The summed E-state index contributed by atoms with van der Waals surface area (Å²) in [5.74, 6) is 0.172. The summed E-state index contributed by atoms with van der Waals surface area (Å²) in [7, 11) is 2.05. The highest BCUT2D eigenvalue weighted by Gasteiger charge is 2.24. The zero-order valence-corrected chi connectivity index (χ0v) is 12.7. The van der Waals surface area contributed by atoms with Crippen molar-refractivity contribution in [3.8, 4) is 0 Å². The fourth-order valence-electron chi connectivity index (χ4n) is 2.56. The summed E-state index contributed by atoms with van der Waals surface area (Å²) in [6.45, 7) is 6.04. The molecule has 1 saturated heterocycles. The minimum atomic E-state index is -0.0379. The molecule has 1 fully saturated rings. The van der Waals surface area contributed by atoms with Gasteiger partial charge < -0.3 is 10.4 Å². The summed E-state index contributed by atoms with van der Waals surface area (Å²) in [6.07, 6.45) is 6.42. The average molecular weight is 270 g/mol. The van der Waals surface area contributed by atoms with Gasteiger partial charge in [-0.05, 0) is 44.7 Å². The third kappa shape index (κ3) is 5.91. The van der Waals surface area contributed by atoms with Gasteiger partial charge in [-0.2, -0.15) is 0 Å². The van der Waals surface area contributed by atoms with Crippen LogP contribution in [0.25, 0.3) is 0 Å². The molecule has 1 aliphatic rings. The first-order valence-corrected chi connectivity index (χ1v) is 7.55. The first-order valence-electron chi connectivity index (χ1n) is 7.55. The number of likely N-dealkylation sites (tertiary alicyclic amines) is 1. The van der Waals surface area contributed by atoms with Crippen molar-refractivity contribution < 1.29 is 9.90 Å². The Morgan fingerprint density at radius 1 is 1.37 bits per heavy atom. The van der Waals surface area contributed by atoms with Gasteiger partial charge in [0.1, 0.15) is 0 Å². The molecule has 112 valence electrons. The quantitative estimate of drug-likeness (QED) is 0.723. The van der Waals surface area contributed by atoms with E-state index in [-0.39, 0.29) is 24.0 Å². The molecule has 0 aliphatic carbocycles. The van der Waals surface area contributed by atoms with Gasteiger partial charge >= 0.3 is 0 Å². The van der Waals surface area contributed by atoms with Gasteiger partial charge in [0, 0.05) is 13.2 Å². The van der Waals surface area contributed by atoms with Crippen LogP contribution in [0.5, 0.6) is 0 Å². The number of amides is 1. The van der Waals surface area contributed by atoms with E-state index in [4.69, 9.17) is 0 Å². The molecule has 0 radical (unpaired) electrons. The third-order valence-corrected chi connectivity index (χ3v) is 4.08. The minimum absolute atomic E-state index is 0.0379. The fraction of sp³-hybridized carbons (Fsp3) is 0.933. The Morgan fingerprint density at radius 3 is 2.79 bits per heavy atom. The smallest absolute Gasteiger partial charge is 0.237 e. The molecule has 4 nitrogen and oxygen atoms in total. The lowest BCUT2D eigenvalue weighted by atomic mass is 9.89. The lowest BCUT2D eigenvalue weighted by Crippen LogP contribution is -2.45. The van der Waals surface area contributed by atoms with E-state index in [0.717, 1.165) is 32.2 Å². The van der Waals surface area contributed by atoms with Gasteiger partial charge in [-0.25, -0.2) is 0 Å². The van der Waals surface area contributed by atoms with E-state index in [0.29, 0.717) is 6.54 Å². The molecule has 0 aromatic heterocycles. The molecule has 0 saturated carbocycles. The second-order valence-corrected chi connectivity index (χ2v) is 6.56. The maximum Gasteiger partial charge on any atom is 0.237 e. The molecule has 1 unspecified atom stereocenters. The number of nitrogens with zero attached hydrogens (tertiary/aromatic N) is 1. The number of aliphatic hydroxyl groups excluding tert-OH is 1. The fourth-order valence-corrected chi connectivity index (χ4v) is 2.56. The van der Waals surface area contributed by atoms with Crippen molar-refractivity contribution in [2.45, 2.75) is 58.4 Å². The van der Waals surface area contributed by atoms with Gasteiger partial charge in [0.2, 0.25) is 5.91 Å². The largest absolute Gasteiger partial charge is 0.396 e. The van der Waals surface area contributed by atoms with Gasteiger partial charge in [0.05, 0.1) is 6.04 Å². The van der Waals surface area contributed by atoms with E-state index >= 15 is 0 Å². The van der Waals surface area contributed by atoms with Gasteiger partial charge in [0.25, 0.3) is 0 Å². The van der Waals surface area contributed by atoms with Crippen LogP contribution < -0.4 is 5.32 Å². The zero-order valence-electron chi connectivity index (χ0n) is 12.7. The van der Waals surface area contributed by atoms with E-state index in [9.17, 15) is 9.90 Å². The highest BCUT2D eigenvalue weighted by molar-refractivity contribution is 5.81. The van der Waals surface area contributed by atoms with Crippen molar-refractivity contribution in [2.75, 3.05) is 26.7 Å². The number of aliphatic hydroxyl groups is 1. The van der Waals surface area contributed by atoms with Crippen LogP contribution in [0.1, 0.15) is 52.4 Å². The van der Waals surface area contributed by atoms with E-state index in [2.05, 4.69) is 10.2 Å². The predicted molar refractivity (Wildman–Crippen MR) is 78.0 cm³/mol. The molecule has 0 spiro atoms. The van der Waals surface area contributed by atoms with E-state index in [1.54, 1.807) is 0 Å². The lowest BCUT2D eigenvalue weighted by molar-refractivity contribution is -0.126. The summed E-state index contributed by atoms with van der Waals surface area (Å²) in [6, 6.07) is 0.0494. The minimum Gasteiger partial charge on any atom is -0.396 e. The predicted octanol–water partition coefficient (Wildman–Crippen LogP) is 1.78. The first-order chi connectivity index (χ1) is 8.96. The van der Waals surface area contributed by atoms with Crippen LogP contribution in [0, 0.1) is 5.41 Å². The first kappa shape index (κ1) is 16.4. The third-order valence-electron chi connectivity index (χ3n) is 4.08. The molecule has 1 atom stereocenters. The van der Waals surface area contributed by atoms with Crippen molar-refractivity contribution in [1.82, 2.24) is 10.2 Å². The van der Waals surface area contributed by atoms with Crippen molar-refractivity contribution in [1.29, 1.82) is 0 Å². The van der Waals surface area contributed by atoms with E-state index < -0.39 is 0 Å². The Kier molecular flexibility index (Phi) is 6.80. The Morgan fingerprint density at radius 2 is 2.11 bits per heavy atom. The summed E-state index contributed by atoms with van der Waals surface area (Å²) in [4.78, 5) is 14.3. The van der Waals surface area contributed by atoms with Crippen molar-refractivity contribution in [3.05, 3.63) is 0 Å². The molecular formula is C15H30N2O2. The zero-order chi connectivity index (χ0) is 14.3. The Balaban J connectivity index is 2.26. The highest BCUT2D eigenvalue weighted by Crippen LogP contribution is 2.20. The number of hydrogen-bond acceptors (Lipinski definition) is 3. The molecular weight excluding hydrogens is 240 g/mol. The molecule has 1 amide bonds. The summed E-state index contributed by atoms with van der Waals surface area (Å²) >= 11 is 0. The van der Waals surface area contributed by atoms with Gasteiger partial charge in [-0.1, -0.05) is 26.7 Å². The average Bonchev–Trinajstić information content (AvgIpc) is 2.59. The van der Waals surface area contributed by atoms with Crippen LogP contribution >= 0.6 is 0 Å². The van der Waals surface area contributed by atoms with Gasteiger partial charge in [-0.15, -0.1) is 0 Å². The summed E-state index contributed by atoms with van der Waals surface area (Å²) in [5, 5.41) is 12.2. The maximum absolute atomic E-state index is 12.2. The van der Waals surface area contributed by atoms with Crippen LogP contribution in [0.4, 0.5) is 0 Å². The van der Waals surface area contributed by atoms with Crippen LogP contribution in [0.2, 0.25) is 0 Å². The number of hydrogen-bond donors (Lipinski definition) is 2. The standard InChI is InChI=1S/C15H30N2O2/c1-15(2,12-18)9-7-10-16-14(19)13-8-5-4-6-11-17(13)3/h13,18H,4-12H2,1-3H3,(H,16,19). The number of likely N-dealkylation sites (N-methyl/N-ethyl adjacent to an activating group) is 1. The second kappa shape index (κ2) is 7.85. The molecule has 1 heterocycles. The lowest BCUT2D eigenvalue weighted by Gasteiger charge is -2.25. The number of carbonyl (C=O) groups is 1. The molecule has 2 N–H and O–H groups in total. The molecule has 0 bridgehead atoms. The van der Waals surface area contributed by atoms with Crippen molar-refractivity contribution in [3.63, 3.8) is 0 Å². The molecule has 0 aromatic carbocycles. The SMILES string of the molecule is CN1CCCCCC1C(=O)NCCCC(C)(C)CO. The summed E-state index contributed by atoms with van der Waals surface area (Å²) < 4.78 is 0. The second-order valence-electron chi connectivity index (χ2n) is 6.56. The number of rotatable bonds is 6. The van der Waals surface area contributed by atoms with Gasteiger partial charge in [0.15, 0.2) is 0 Å². The van der Waals surface area contributed by atoms with E-state index in [1.165, 1.54) is 12.8 Å². The summed E-state index contributed by atoms with van der Waals surface area (Å²) in [5.41, 5.74) is -0.0379. The van der Waals surface area contributed by atoms with Gasteiger partial charge in [-0.3, -0.25) is 9.69 Å². The molecule has 1 rings (SSSR count). The van der Waals surface area contributed by atoms with E-state index in [1.807, 2.05) is 20.9 Å². The molecule has 19 heavy (non-hydrogen) atoms. The van der Waals surface area contributed by atoms with Crippen molar-refractivity contribution >= 4 is 5.91 Å². The van der Waals surface area contributed by atoms with Crippen molar-refractivity contribution in [2.24, 2.45) is 5.41 Å². The Labute approximate surface area is 117 Å². The highest BCUT2D eigenvalue weighted by atomic mass is 16.3.